The summed E-state index contributed by atoms with van der Waals surface area (Å²) in [5.41, 5.74) is 12.6. The molecule has 6 aromatic rings. The van der Waals surface area contributed by atoms with Crippen molar-refractivity contribution in [2.24, 2.45) is 5.73 Å². The van der Waals surface area contributed by atoms with Gasteiger partial charge in [-0.3, -0.25) is 14.1 Å². The number of nitrogens with two attached hydrogens (primary N) is 1. The third kappa shape index (κ3) is 2.51. The summed E-state index contributed by atoms with van der Waals surface area (Å²) in [5.74, 6) is 0.639. The van der Waals surface area contributed by atoms with E-state index in [0.29, 0.717) is 5.82 Å². The van der Waals surface area contributed by atoms with E-state index in [-0.39, 0.29) is 0 Å². The number of hydrogen-bond donors (Lipinski definition) is 1. The fourth-order valence-electron chi connectivity index (χ4n) is 4.59. The topological polar surface area (TPSA) is 61.7 Å². The van der Waals surface area contributed by atoms with Gasteiger partial charge in [0.05, 0.1) is 27.5 Å². The van der Waals surface area contributed by atoms with Gasteiger partial charge in [0.2, 0.25) is 0 Å². The minimum Gasteiger partial charge on any atom is -0.385 e. The molecule has 0 amide bonds. The van der Waals surface area contributed by atoms with E-state index < -0.39 is 0 Å². The summed E-state index contributed by atoms with van der Waals surface area (Å²) in [4.78, 5) is 9.62. The molecule has 0 aliphatic heterocycles. The van der Waals surface area contributed by atoms with Gasteiger partial charge >= 0.3 is 0 Å². The first-order valence-electron chi connectivity index (χ1n) is 10.6. The average Bonchev–Trinajstić information content (AvgIpc) is 3.36. The highest BCUT2D eigenvalue weighted by Gasteiger charge is 2.21. The number of benzene rings is 2. The summed E-state index contributed by atoms with van der Waals surface area (Å²) in [6.07, 6.45) is 9.58. The molecule has 4 aromatic heterocycles. The van der Waals surface area contributed by atoms with E-state index in [4.69, 9.17) is 10.7 Å². The molecule has 6 rings (SSSR count). The number of allylic oxidation sites excluding steroid dienone is 3. The van der Waals surface area contributed by atoms with Crippen LogP contribution in [0.4, 0.5) is 0 Å². The summed E-state index contributed by atoms with van der Waals surface area (Å²) in [6, 6.07) is 22.8. The molecule has 0 radical (unpaired) electrons. The predicted octanol–water partition coefficient (Wildman–Crippen LogP) is 6.01. The molecule has 0 aliphatic carbocycles. The molecule has 2 aromatic carbocycles. The lowest BCUT2D eigenvalue weighted by Crippen LogP contribution is -2.06. The molecule has 0 saturated carbocycles. The Morgan fingerprint density at radius 1 is 0.875 bits per heavy atom. The van der Waals surface area contributed by atoms with Crippen molar-refractivity contribution >= 4 is 49.7 Å². The number of rotatable bonds is 3. The van der Waals surface area contributed by atoms with Gasteiger partial charge in [0.1, 0.15) is 11.5 Å². The van der Waals surface area contributed by atoms with E-state index >= 15 is 0 Å². The molecule has 0 aliphatic rings. The standard InChI is InChI=1S/C27H21N5/c1-2-3-15-23(28)32-22-14-9-16-29-25(22)20-17-30-27-24(26(20)32)19-12-7-8-13-21(19)31(27)18-10-5-4-6-11-18/h2-17H,28H2,1H3/b3-2-,23-15+. The molecular formula is C27H21N5. The molecule has 0 atom stereocenters. The van der Waals surface area contributed by atoms with Crippen LogP contribution in [0.3, 0.4) is 0 Å². The zero-order valence-corrected chi connectivity index (χ0v) is 17.6. The van der Waals surface area contributed by atoms with E-state index in [0.717, 1.165) is 49.6 Å². The Balaban J connectivity index is 1.89. The molecule has 0 fully saturated rings. The Bertz CT molecular complexity index is 1680. The molecule has 0 saturated heterocycles. The second-order valence-electron chi connectivity index (χ2n) is 7.73. The first-order chi connectivity index (χ1) is 15.8. The maximum Gasteiger partial charge on any atom is 0.147 e. The van der Waals surface area contributed by atoms with Crippen molar-refractivity contribution < 1.29 is 0 Å². The third-order valence-corrected chi connectivity index (χ3v) is 5.90. The van der Waals surface area contributed by atoms with Gasteiger partial charge < -0.3 is 5.73 Å². The summed E-state index contributed by atoms with van der Waals surface area (Å²) >= 11 is 0. The number of aromatic nitrogens is 4. The van der Waals surface area contributed by atoms with Gasteiger partial charge in [0.25, 0.3) is 0 Å². The van der Waals surface area contributed by atoms with E-state index in [9.17, 15) is 0 Å². The molecule has 0 spiro atoms. The Morgan fingerprint density at radius 3 is 2.50 bits per heavy atom. The molecular weight excluding hydrogens is 394 g/mol. The quantitative estimate of drug-likeness (QED) is 0.360. The average molecular weight is 416 g/mol. The lowest BCUT2D eigenvalue weighted by Gasteiger charge is -2.09. The van der Waals surface area contributed by atoms with Gasteiger partial charge in [-0.2, -0.15) is 0 Å². The lowest BCUT2D eigenvalue weighted by molar-refractivity contribution is 1.14. The van der Waals surface area contributed by atoms with Crippen molar-refractivity contribution in [3.05, 3.63) is 97.4 Å². The Kier molecular flexibility index (Phi) is 4.08. The summed E-state index contributed by atoms with van der Waals surface area (Å²) in [6.45, 7) is 1.98. The fourth-order valence-corrected chi connectivity index (χ4v) is 4.59. The highest BCUT2D eigenvalue weighted by molar-refractivity contribution is 6.24. The maximum absolute atomic E-state index is 6.63. The Labute approximate surface area is 184 Å². The van der Waals surface area contributed by atoms with Crippen LogP contribution < -0.4 is 5.73 Å². The van der Waals surface area contributed by atoms with Gasteiger partial charge in [-0.15, -0.1) is 0 Å². The number of hydrogen-bond acceptors (Lipinski definition) is 3. The van der Waals surface area contributed by atoms with E-state index in [1.165, 1.54) is 0 Å². The Morgan fingerprint density at radius 2 is 1.66 bits per heavy atom. The molecule has 5 nitrogen and oxygen atoms in total. The second-order valence-corrected chi connectivity index (χ2v) is 7.73. The zero-order valence-electron chi connectivity index (χ0n) is 17.6. The molecule has 2 N–H and O–H groups in total. The number of para-hydroxylation sites is 2. The van der Waals surface area contributed by atoms with Gasteiger partial charge in [0.15, 0.2) is 0 Å². The SMILES string of the molecule is C/C=C\C=C(/N)n1c2cccnc2c2cnc3c(c4ccccc4n3-c3ccccc3)c21. The fraction of sp³-hybridized carbons (Fsp3) is 0.0370. The predicted molar refractivity (Wildman–Crippen MR) is 133 cm³/mol. The van der Waals surface area contributed by atoms with Crippen LogP contribution in [0.25, 0.3) is 55.4 Å². The van der Waals surface area contributed by atoms with Gasteiger partial charge in [-0.1, -0.05) is 48.6 Å². The van der Waals surface area contributed by atoms with Crippen molar-refractivity contribution in [2.45, 2.75) is 6.92 Å². The van der Waals surface area contributed by atoms with E-state index in [1.54, 1.807) is 0 Å². The summed E-state index contributed by atoms with van der Waals surface area (Å²) in [5, 5.41) is 3.19. The molecule has 0 unspecified atom stereocenters. The highest BCUT2D eigenvalue weighted by atomic mass is 15.1. The van der Waals surface area contributed by atoms with Gasteiger partial charge in [0, 0.05) is 28.9 Å². The van der Waals surface area contributed by atoms with Crippen LogP contribution in [0.1, 0.15) is 6.92 Å². The first-order valence-corrected chi connectivity index (χ1v) is 10.6. The minimum atomic E-state index is 0.639. The maximum atomic E-state index is 6.63. The van der Waals surface area contributed by atoms with E-state index in [2.05, 4.69) is 56.6 Å². The van der Waals surface area contributed by atoms with Crippen molar-refractivity contribution in [3.63, 3.8) is 0 Å². The molecule has 4 heterocycles. The molecule has 5 heteroatoms. The first kappa shape index (κ1) is 18.4. The number of pyridine rings is 2. The number of nitrogens with zero attached hydrogens (tertiary/aromatic N) is 4. The number of fused-ring (bicyclic) bond motifs is 7. The van der Waals surface area contributed by atoms with Crippen LogP contribution >= 0.6 is 0 Å². The van der Waals surface area contributed by atoms with Gasteiger partial charge in [-0.25, -0.2) is 4.98 Å². The van der Waals surface area contributed by atoms with Crippen LogP contribution in [0, 0.1) is 0 Å². The summed E-state index contributed by atoms with van der Waals surface area (Å²) < 4.78 is 4.31. The van der Waals surface area contributed by atoms with Crippen LogP contribution in [-0.2, 0) is 0 Å². The minimum absolute atomic E-state index is 0.639. The van der Waals surface area contributed by atoms with Crippen molar-refractivity contribution in [1.82, 2.24) is 19.1 Å². The van der Waals surface area contributed by atoms with Crippen molar-refractivity contribution in [1.29, 1.82) is 0 Å². The normalized spacial score (nSPS) is 12.7. The summed E-state index contributed by atoms with van der Waals surface area (Å²) in [7, 11) is 0. The van der Waals surface area contributed by atoms with Crippen LogP contribution in [0.15, 0.2) is 97.4 Å². The second kappa shape index (κ2) is 7.10. The molecule has 0 bridgehead atoms. The van der Waals surface area contributed by atoms with Crippen LogP contribution in [0.2, 0.25) is 0 Å². The molecule has 154 valence electrons. The largest absolute Gasteiger partial charge is 0.385 e. The van der Waals surface area contributed by atoms with Crippen molar-refractivity contribution in [2.75, 3.05) is 0 Å². The zero-order chi connectivity index (χ0) is 21.7. The van der Waals surface area contributed by atoms with E-state index in [1.807, 2.05) is 61.8 Å². The highest BCUT2D eigenvalue weighted by Crippen LogP contribution is 2.39. The van der Waals surface area contributed by atoms with Crippen molar-refractivity contribution in [3.8, 4) is 5.69 Å². The smallest absolute Gasteiger partial charge is 0.147 e. The van der Waals surface area contributed by atoms with Crippen LogP contribution in [-0.4, -0.2) is 19.1 Å². The van der Waals surface area contributed by atoms with Crippen LogP contribution in [0.5, 0.6) is 0 Å². The Hall–Kier alpha value is -4.38. The lowest BCUT2D eigenvalue weighted by atomic mass is 10.1. The monoisotopic (exact) mass is 415 g/mol. The molecule has 32 heavy (non-hydrogen) atoms. The van der Waals surface area contributed by atoms with Gasteiger partial charge in [-0.05, 0) is 43.3 Å². The third-order valence-electron chi connectivity index (χ3n) is 5.90.